The van der Waals surface area contributed by atoms with Crippen LogP contribution >= 0.6 is 0 Å². The predicted octanol–water partition coefficient (Wildman–Crippen LogP) is 1.19. The van der Waals surface area contributed by atoms with E-state index >= 15 is 0 Å². The van der Waals surface area contributed by atoms with Crippen molar-refractivity contribution in [1.82, 2.24) is 0 Å². The lowest BCUT2D eigenvalue weighted by molar-refractivity contribution is 0.0697. The lowest BCUT2D eigenvalue weighted by Crippen LogP contribution is -2.33. The molecule has 0 spiro atoms. The topological polar surface area (TPSA) is 75.8 Å². The number of hydrogen-bond donors (Lipinski definition) is 2. The molecule has 0 bridgehead atoms. The third-order valence-corrected chi connectivity index (χ3v) is 3.09. The van der Waals surface area contributed by atoms with Gasteiger partial charge in [-0.2, -0.15) is 0 Å². The number of carboxylic acid groups (broad SMARTS) is 1. The Morgan fingerprint density at radius 2 is 2.35 bits per heavy atom. The van der Waals surface area contributed by atoms with Crippen LogP contribution in [0.5, 0.6) is 0 Å². The molecular weight excluding hydrogens is 220 g/mol. The molecule has 1 aromatic rings. The molecule has 0 radical (unpaired) electrons. The molecule has 1 fully saturated rings. The molecule has 5 nitrogen and oxygen atoms in total. The normalized spacial score (nSPS) is 19.2. The van der Waals surface area contributed by atoms with E-state index in [1.807, 2.05) is 11.9 Å². The van der Waals surface area contributed by atoms with Gasteiger partial charge in [0.1, 0.15) is 0 Å². The number of nitrogens with two attached hydrogens (primary N) is 1. The van der Waals surface area contributed by atoms with Crippen LogP contribution in [0, 0.1) is 0 Å². The molecule has 0 saturated carbocycles. The van der Waals surface area contributed by atoms with Gasteiger partial charge in [-0.15, -0.1) is 0 Å². The van der Waals surface area contributed by atoms with Gasteiger partial charge in [0.15, 0.2) is 0 Å². The number of aromatic carboxylic acids is 1. The summed E-state index contributed by atoms with van der Waals surface area (Å²) in [6.07, 6.45) is 0.907. The highest BCUT2D eigenvalue weighted by atomic mass is 16.5. The maximum absolute atomic E-state index is 11.2. The van der Waals surface area contributed by atoms with Crippen LogP contribution in [0.4, 0.5) is 11.4 Å². The zero-order valence-corrected chi connectivity index (χ0v) is 9.72. The molecule has 1 aromatic carbocycles. The number of carbonyl (C=O) groups is 1. The highest BCUT2D eigenvalue weighted by Crippen LogP contribution is 2.26. The molecule has 5 heteroatoms. The van der Waals surface area contributed by atoms with Crippen molar-refractivity contribution < 1.29 is 14.6 Å². The number of anilines is 2. The van der Waals surface area contributed by atoms with Gasteiger partial charge in [0.05, 0.1) is 23.9 Å². The largest absolute Gasteiger partial charge is 0.478 e. The van der Waals surface area contributed by atoms with Crippen LogP contribution < -0.4 is 10.6 Å². The molecule has 0 aliphatic carbocycles. The van der Waals surface area contributed by atoms with Crippen molar-refractivity contribution in [3.8, 4) is 0 Å². The van der Waals surface area contributed by atoms with E-state index in [0.717, 1.165) is 13.0 Å². The van der Waals surface area contributed by atoms with Gasteiger partial charge in [0, 0.05) is 19.3 Å². The molecule has 3 N–H and O–H groups in total. The molecule has 1 saturated heterocycles. The second-order valence-corrected chi connectivity index (χ2v) is 4.21. The van der Waals surface area contributed by atoms with Gasteiger partial charge in [0.2, 0.25) is 0 Å². The van der Waals surface area contributed by atoms with E-state index in [1.54, 1.807) is 18.2 Å². The number of nitrogens with zero attached hydrogens (tertiary/aromatic N) is 1. The first-order valence-corrected chi connectivity index (χ1v) is 5.53. The molecule has 0 aromatic heterocycles. The summed E-state index contributed by atoms with van der Waals surface area (Å²) in [5, 5.41) is 9.15. The molecular formula is C12H16N2O3. The summed E-state index contributed by atoms with van der Waals surface area (Å²) >= 11 is 0. The molecule has 1 heterocycles. The third kappa shape index (κ3) is 2.34. The van der Waals surface area contributed by atoms with Crippen molar-refractivity contribution >= 4 is 17.3 Å². The van der Waals surface area contributed by atoms with Gasteiger partial charge in [-0.1, -0.05) is 0 Å². The summed E-state index contributed by atoms with van der Waals surface area (Å²) in [5.74, 6) is -0.939. The minimum atomic E-state index is -0.939. The second kappa shape index (κ2) is 4.63. The van der Waals surface area contributed by atoms with E-state index in [2.05, 4.69) is 0 Å². The van der Waals surface area contributed by atoms with Crippen molar-refractivity contribution in [2.75, 3.05) is 30.9 Å². The molecule has 1 atom stereocenters. The van der Waals surface area contributed by atoms with Crippen molar-refractivity contribution in [3.05, 3.63) is 23.8 Å². The Hall–Kier alpha value is -1.75. The smallest absolute Gasteiger partial charge is 0.337 e. The van der Waals surface area contributed by atoms with Crippen LogP contribution in [0.25, 0.3) is 0 Å². The lowest BCUT2D eigenvalue weighted by atomic mass is 10.1. The first kappa shape index (κ1) is 11.7. The second-order valence-electron chi connectivity index (χ2n) is 4.21. The van der Waals surface area contributed by atoms with Crippen molar-refractivity contribution in [1.29, 1.82) is 0 Å². The maximum atomic E-state index is 11.2. The molecule has 1 aliphatic heterocycles. The summed E-state index contributed by atoms with van der Waals surface area (Å²) in [5.41, 5.74) is 7.20. The summed E-state index contributed by atoms with van der Waals surface area (Å²) in [6, 6.07) is 5.06. The van der Waals surface area contributed by atoms with E-state index in [1.165, 1.54) is 0 Å². The first-order valence-electron chi connectivity index (χ1n) is 5.53. The Morgan fingerprint density at radius 3 is 2.94 bits per heavy atom. The van der Waals surface area contributed by atoms with Gasteiger partial charge in [-0.05, 0) is 24.6 Å². The Morgan fingerprint density at radius 1 is 1.59 bits per heavy atom. The average Bonchev–Trinajstić information content (AvgIpc) is 2.80. The third-order valence-electron chi connectivity index (χ3n) is 3.09. The Kier molecular flexibility index (Phi) is 3.19. The molecule has 1 aliphatic rings. The van der Waals surface area contributed by atoms with Gasteiger partial charge >= 0.3 is 5.97 Å². The number of hydrogen-bond acceptors (Lipinski definition) is 4. The van der Waals surface area contributed by atoms with Crippen LogP contribution in [0.2, 0.25) is 0 Å². The standard InChI is InChI=1S/C12H16N2O3/c1-14(9-4-5-17-7-9)11-6-8(13)2-3-10(11)12(15)16/h2-3,6,9H,4-5,7,13H2,1H3,(H,15,16). The minimum absolute atomic E-state index is 0.217. The van der Waals surface area contributed by atoms with E-state index in [0.29, 0.717) is 18.0 Å². The highest BCUT2D eigenvalue weighted by molar-refractivity contribution is 5.95. The summed E-state index contributed by atoms with van der Waals surface area (Å²) in [6.45, 7) is 1.35. The molecule has 2 rings (SSSR count). The average molecular weight is 236 g/mol. The van der Waals surface area contributed by atoms with E-state index < -0.39 is 5.97 Å². The number of likely N-dealkylation sites (N-methyl/N-ethyl adjacent to an activating group) is 1. The van der Waals surface area contributed by atoms with Gasteiger partial charge < -0.3 is 20.5 Å². The number of rotatable bonds is 3. The quantitative estimate of drug-likeness (QED) is 0.771. The zero-order valence-electron chi connectivity index (χ0n) is 9.72. The van der Waals surface area contributed by atoms with Crippen LogP contribution in [-0.2, 0) is 4.74 Å². The summed E-state index contributed by atoms with van der Waals surface area (Å²) in [7, 11) is 1.88. The van der Waals surface area contributed by atoms with Crippen LogP contribution in [0.15, 0.2) is 18.2 Å². The predicted molar refractivity (Wildman–Crippen MR) is 65.4 cm³/mol. The van der Waals surface area contributed by atoms with Gasteiger partial charge in [-0.25, -0.2) is 4.79 Å². The number of carboxylic acids is 1. The fourth-order valence-electron chi connectivity index (χ4n) is 2.05. The molecule has 17 heavy (non-hydrogen) atoms. The highest BCUT2D eigenvalue weighted by Gasteiger charge is 2.23. The van der Waals surface area contributed by atoms with Gasteiger partial charge in [-0.3, -0.25) is 0 Å². The fourth-order valence-corrected chi connectivity index (χ4v) is 2.05. The number of ether oxygens (including phenoxy) is 1. The Balaban J connectivity index is 2.34. The Bertz CT molecular complexity index is 428. The summed E-state index contributed by atoms with van der Waals surface area (Å²) < 4.78 is 5.31. The lowest BCUT2D eigenvalue weighted by Gasteiger charge is -2.27. The zero-order chi connectivity index (χ0) is 12.4. The number of nitrogen functional groups attached to an aromatic ring is 1. The van der Waals surface area contributed by atoms with Crippen LogP contribution in [0.3, 0.4) is 0 Å². The molecule has 1 unspecified atom stereocenters. The van der Waals surface area contributed by atoms with Gasteiger partial charge in [0.25, 0.3) is 0 Å². The fraction of sp³-hybridized carbons (Fsp3) is 0.417. The number of benzene rings is 1. The Labute approximate surface area is 99.8 Å². The van der Waals surface area contributed by atoms with E-state index in [4.69, 9.17) is 15.6 Å². The summed E-state index contributed by atoms with van der Waals surface area (Å²) in [4.78, 5) is 13.1. The van der Waals surface area contributed by atoms with Crippen LogP contribution in [-0.4, -0.2) is 37.4 Å². The SMILES string of the molecule is CN(c1cc(N)ccc1C(=O)O)C1CCOC1. The van der Waals surface area contributed by atoms with Crippen molar-refractivity contribution in [2.24, 2.45) is 0 Å². The minimum Gasteiger partial charge on any atom is -0.478 e. The van der Waals surface area contributed by atoms with E-state index in [9.17, 15) is 4.79 Å². The van der Waals surface area contributed by atoms with Crippen molar-refractivity contribution in [3.63, 3.8) is 0 Å². The first-order chi connectivity index (χ1) is 8.09. The molecule has 0 amide bonds. The van der Waals surface area contributed by atoms with Crippen molar-refractivity contribution in [2.45, 2.75) is 12.5 Å². The monoisotopic (exact) mass is 236 g/mol. The van der Waals surface area contributed by atoms with E-state index in [-0.39, 0.29) is 11.6 Å². The maximum Gasteiger partial charge on any atom is 0.337 e. The molecule has 92 valence electrons. The van der Waals surface area contributed by atoms with Crippen LogP contribution in [0.1, 0.15) is 16.8 Å².